The van der Waals surface area contributed by atoms with Gasteiger partial charge in [0.15, 0.2) is 0 Å². The number of anilines is 1. The summed E-state index contributed by atoms with van der Waals surface area (Å²) in [6.45, 7) is 5.56. The number of carbonyl (C=O) groups is 3. The highest BCUT2D eigenvalue weighted by atomic mass is 16.4. The first kappa shape index (κ1) is 20.2. The molecule has 0 spiro atoms. The second kappa shape index (κ2) is 8.98. The van der Waals surface area contributed by atoms with Gasteiger partial charge in [0.2, 0.25) is 0 Å². The number of hydrogen-bond acceptors (Lipinski definition) is 3. The Morgan fingerprint density at radius 1 is 1.00 bits per heavy atom. The maximum absolute atomic E-state index is 12.6. The van der Waals surface area contributed by atoms with Gasteiger partial charge in [-0.05, 0) is 37.1 Å². The predicted octanol–water partition coefficient (Wildman–Crippen LogP) is 3.48. The number of aliphatic carboxylic acids is 1. The number of amides is 2. The zero-order valence-corrected chi connectivity index (χ0v) is 15.7. The number of carbonyl (C=O) groups excluding carboxylic acids is 2. The van der Waals surface area contributed by atoms with E-state index >= 15 is 0 Å². The minimum absolute atomic E-state index is 0.215. The molecule has 3 N–H and O–H groups in total. The van der Waals surface area contributed by atoms with E-state index in [0.717, 1.165) is 5.56 Å². The molecule has 2 amide bonds. The quantitative estimate of drug-likeness (QED) is 0.697. The van der Waals surface area contributed by atoms with Crippen LogP contribution in [0.2, 0.25) is 0 Å². The molecule has 0 aromatic heterocycles. The summed E-state index contributed by atoms with van der Waals surface area (Å²) in [6.07, 6.45) is 0.614. The van der Waals surface area contributed by atoms with E-state index in [9.17, 15) is 19.5 Å². The minimum atomic E-state index is -1.08. The molecule has 0 aliphatic carbocycles. The number of benzene rings is 2. The molecule has 0 saturated heterocycles. The van der Waals surface area contributed by atoms with E-state index in [4.69, 9.17) is 0 Å². The minimum Gasteiger partial charge on any atom is -0.480 e. The number of hydrogen-bond donors (Lipinski definition) is 3. The van der Waals surface area contributed by atoms with Crippen LogP contribution >= 0.6 is 0 Å². The Kier molecular flexibility index (Phi) is 6.71. The van der Waals surface area contributed by atoms with Crippen molar-refractivity contribution in [2.24, 2.45) is 5.92 Å². The molecule has 27 heavy (non-hydrogen) atoms. The van der Waals surface area contributed by atoms with Crippen molar-refractivity contribution in [3.63, 3.8) is 0 Å². The van der Waals surface area contributed by atoms with E-state index in [2.05, 4.69) is 10.6 Å². The van der Waals surface area contributed by atoms with Crippen LogP contribution in [0, 0.1) is 12.8 Å². The Morgan fingerprint density at radius 2 is 1.63 bits per heavy atom. The summed E-state index contributed by atoms with van der Waals surface area (Å²) in [5.74, 6) is -2.19. The molecule has 0 fully saturated rings. The lowest BCUT2D eigenvalue weighted by atomic mass is 9.98. The van der Waals surface area contributed by atoms with E-state index in [0.29, 0.717) is 17.7 Å². The molecule has 2 rings (SSSR count). The molecule has 0 radical (unpaired) electrons. The highest BCUT2D eigenvalue weighted by Crippen LogP contribution is 2.18. The molecule has 142 valence electrons. The van der Waals surface area contributed by atoms with Gasteiger partial charge >= 0.3 is 5.97 Å². The molecule has 0 bridgehead atoms. The molecule has 2 aromatic rings. The number of carboxylic acids is 1. The van der Waals surface area contributed by atoms with Gasteiger partial charge in [-0.3, -0.25) is 9.59 Å². The number of rotatable bonds is 7. The van der Waals surface area contributed by atoms with Gasteiger partial charge in [0.25, 0.3) is 11.8 Å². The lowest BCUT2D eigenvalue weighted by molar-refractivity contribution is -0.140. The second-order valence-corrected chi connectivity index (χ2v) is 6.54. The van der Waals surface area contributed by atoms with Crippen LogP contribution in [0.1, 0.15) is 46.5 Å². The monoisotopic (exact) mass is 368 g/mol. The van der Waals surface area contributed by atoms with Crippen LogP contribution in [-0.4, -0.2) is 28.9 Å². The SMILES string of the molecule is CC[C@H](C)[C@H](NC(=O)c1ccccc1NC(=O)c1ccc(C)cc1)C(=O)O. The summed E-state index contributed by atoms with van der Waals surface area (Å²) in [7, 11) is 0. The Balaban J connectivity index is 2.21. The number of aryl methyl sites for hydroxylation is 1. The van der Waals surface area contributed by atoms with Crippen LogP contribution in [0.5, 0.6) is 0 Å². The smallest absolute Gasteiger partial charge is 0.326 e. The van der Waals surface area contributed by atoms with Crippen molar-refractivity contribution in [1.29, 1.82) is 0 Å². The van der Waals surface area contributed by atoms with Crippen LogP contribution in [0.4, 0.5) is 5.69 Å². The van der Waals surface area contributed by atoms with Gasteiger partial charge < -0.3 is 15.7 Å². The van der Waals surface area contributed by atoms with Crippen LogP contribution in [0.3, 0.4) is 0 Å². The molecule has 0 aliphatic rings. The first-order valence-corrected chi connectivity index (χ1v) is 8.84. The van der Waals surface area contributed by atoms with Crippen molar-refractivity contribution in [3.05, 3.63) is 65.2 Å². The van der Waals surface area contributed by atoms with Crippen molar-refractivity contribution in [1.82, 2.24) is 5.32 Å². The van der Waals surface area contributed by atoms with Gasteiger partial charge in [-0.15, -0.1) is 0 Å². The largest absolute Gasteiger partial charge is 0.480 e. The molecule has 0 unspecified atom stereocenters. The van der Waals surface area contributed by atoms with Crippen LogP contribution < -0.4 is 10.6 Å². The molecule has 6 heteroatoms. The van der Waals surface area contributed by atoms with Crippen molar-refractivity contribution >= 4 is 23.5 Å². The van der Waals surface area contributed by atoms with E-state index in [1.54, 1.807) is 43.3 Å². The molecule has 0 saturated carbocycles. The first-order chi connectivity index (χ1) is 12.8. The summed E-state index contributed by atoms with van der Waals surface area (Å²) in [5, 5.41) is 14.7. The fourth-order valence-electron chi connectivity index (χ4n) is 2.59. The van der Waals surface area contributed by atoms with E-state index in [-0.39, 0.29) is 17.4 Å². The third kappa shape index (κ3) is 5.17. The van der Waals surface area contributed by atoms with Gasteiger partial charge in [-0.25, -0.2) is 4.79 Å². The Labute approximate surface area is 158 Å². The zero-order valence-electron chi connectivity index (χ0n) is 15.7. The average Bonchev–Trinajstić information content (AvgIpc) is 2.66. The topological polar surface area (TPSA) is 95.5 Å². The number of nitrogens with one attached hydrogen (secondary N) is 2. The summed E-state index contributed by atoms with van der Waals surface area (Å²) in [4.78, 5) is 36.5. The Bertz CT molecular complexity index is 830. The van der Waals surface area contributed by atoms with Gasteiger partial charge in [-0.2, -0.15) is 0 Å². The lowest BCUT2D eigenvalue weighted by Gasteiger charge is -2.21. The van der Waals surface area contributed by atoms with Crippen molar-refractivity contribution in [3.8, 4) is 0 Å². The highest BCUT2D eigenvalue weighted by molar-refractivity contribution is 6.09. The van der Waals surface area contributed by atoms with Gasteiger partial charge in [0.1, 0.15) is 6.04 Å². The Morgan fingerprint density at radius 3 is 2.22 bits per heavy atom. The lowest BCUT2D eigenvalue weighted by Crippen LogP contribution is -2.45. The zero-order chi connectivity index (χ0) is 20.0. The van der Waals surface area contributed by atoms with Crippen LogP contribution in [0.15, 0.2) is 48.5 Å². The molecule has 6 nitrogen and oxygen atoms in total. The maximum Gasteiger partial charge on any atom is 0.326 e. The molecule has 0 aliphatic heterocycles. The van der Waals surface area contributed by atoms with Crippen LogP contribution in [0.25, 0.3) is 0 Å². The van der Waals surface area contributed by atoms with Crippen molar-refractivity contribution < 1.29 is 19.5 Å². The average molecular weight is 368 g/mol. The summed E-state index contributed by atoms with van der Waals surface area (Å²) in [5.41, 5.74) is 2.05. The normalized spacial score (nSPS) is 12.7. The second-order valence-electron chi connectivity index (χ2n) is 6.54. The van der Waals surface area contributed by atoms with E-state index in [1.807, 2.05) is 26.0 Å². The Hall–Kier alpha value is -3.15. The van der Waals surface area contributed by atoms with Gasteiger partial charge in [-0.1, -0.05) is 50.1 Å². The third-order valence-electron chi connectivity index (χ3n) is 4.50. The van der Waals surface area contributed by atoms with Crippen molar-refractivity contribution in [2.75, 3.05) is 5.32 Å². The molecular formula is C21H24N2O4. The number of para-hydroxylation sites is 1. The van der Waals surface area contributed by atoms with E-state index < -0.39 is 17.9 Å². The molecule has 0 heterocycles. The predicted molar refractivity (Wildman–Crippen MR) is 104 cm³/mol. The summed E-state index contributed by atoms with van der Waals surface area (Å²) in [6, 6.07) is 12.6. The fourth-order valence-corrected chi connectivity index (χ4v) is 2.59. The van der Waals surface area contributed by atoms with Crippen molar-refractivity contribution in [2.45, 2.75) is 33.2 Å². The maximum atomic E-state index is 12.6. The van der Waals surface area contributed by atoms with Gasteiger partial charge in [0.05, 0.1) is 11.3 Å². The van der Waals surface area contributed by atoms with Gasteiger partial charge in [0, 0.05) is 5.56 Å². The first-order valence-electron chi connectivity index (χ1n) is 8.84. The molecular weight excluding hydrogens is 344 g/mol. The van der Waals surface area contributed by atoms with E-state index in [1.165, 1.54) is 0 Å². The molecule has 2 atom stereocenters. The number of carboxylic acid groups (broad SMARTS) is 1. The summed E-state index contributed by atoms with van der Waals surface area (Å²) < 4.78 is 0. The molecule has 2 aromatic carbocycles. The van der Waals surface area contributed by atoms with Crippen LogP contribution in [-0.2, 0) is 4.79 Å². The highest BCUT2D eigenvalue weighted by Gasteiger charge is 2.26. The summed E-state index contributed by atoms with van der Waals surface area (Å²) >= 11 is 0. The fraction of sp³-hybridized carbons (Fsp3) is 0.286. The third-order valence-corrected chi connectivity index (χ3v) is 4.50. The standard InChI is InChI=1S/C21H24N2O4/c1-4-14(3)18(21(26)27)23-20(25)16-7-5-6-8-17(16)22-19(24)15-11-9-13(2)10-12-15/h5-12,14,18H,4H2,1-3H3,(H,22,24)(H,23,25)(H,26,27)/t14-,18-/m0/s1.